The molecule has 0 spiro atoms. The smallest absolute Gasteiger partial charge is 0.241 e. The molecule has 2 aliphatic heterocycles. The summed E-state index contributed by atoms with van der Waals surface area (Å²) in [5.41, 5.74) is 3.55. The van der Waals surface area contributed by atoms with Gasteiger partial charge in [-0.3, -0.25) is 14.7 Å². The first kappa shape index (κ1) is 21.9. The Kier molecular flexibility index (Phi) is 6.10. The third-order valence-electron chi connectivity index (χ3n) is 6.20. The molecular formula is C24H31FN4O2. The Labute approximate surface area is 183 Å². The minimum atomic E-state index is -0.303. The average molecular weight is 427 g/mol. The maximum Gasteiger partial charge on any atom is 0.241 e. The largest absolute Gasteiger partial charge is 0.390 e. The molecule has 0 radical (unpaired) electrons. The lowest BCUT2D eigenvalue weighted by atomic mass is 9.90. The number of rotatable bonds is 5. The molecular weight excluding hydrogens is 395 g/mol. The van der Waals surface area contributed by atoms with Gasteiger partial charge in [0.05, 0.1) is 30.2 Å². The van der Waals surface area contributed by atoms with Crippen LogP contribution in [0.5, 0.6) is 0 Å². The van der Waals surface area contributed by atoms with E-state index in [0.29, 0.717) is 31.2 Å². The van der Waals surface area contributed by atoms with Gasteiger partial charge in [-0.2, -0.15) is 0 Å². The van der Waals surface area contributed by atoms with Crippen LogP contribution >= 0.6 is 0 Å². The Morgan fingerprint density at radius 1 is 1.35 bits per heavy atom. The van der Waals surface area contributed by atoms with E-state index >= 15 is 0 Å². The highest BCUT2D eigenvalue weighted by Gasteiger charge is 2.40. The second-order valence-electron chi connectivity index (χ2n) is 9.38. The normalized spacial score (nSPS) is 20.7. The second kappa shape index (κ2) is 8.65. The molecule has 1 aromatic heterocycles. The van der Waals surface area contributed by atoms with E-state index in [1.54, 1.807) is 6.07 Å². The summed E-state index contributed by atoms with van der Waals surface area (Å²) in [6.45, 7) is 9.61. The summed E-state index contributed by atoms with van der Waals surface area (Å²) in [4.78, 5) is 22.1. The number of hydrogen-bond donors (Lipinski definition) is 2. The molecule has 0 bridgehead atoms. The van der Waals surface area contributed by atoms with Crippen LogP contribution in [0.2, 0.25) is 0 Å². The predicted octanol–water partition coefficient (Wildman–Crippen LogP) is 2.22. The van der Waals surface area contributed by atoms with E-state index in [0.717, 1.165) is 42.1 Å². The first-order valence-electron chi connectivity index (χ1n) is 10.9. The standard InChI is InChI=1S/C24H31FN4O2/c1-16-12-28(8-7-26-16)13-22(31)29-15-24(2,3)23-21(29)11-18(20(14-30)27-23)9-17-5-4-6-19(25)10-17/h4-6,10-11,16,26,30H,7-9,12-15H2,1-3H3/t16-/m1/s1. The number of aliphatic hydroxyl groups is 1. The Bertz CT molecular complexity index is 978. The molecule has 1 aromatic carbocycles. The fraction of sp³-hybridized carbons (Fsp3) is 0.500. The summed E-state index contributed by atoms with van der Waals surface area (Å²) >= 11 is 0. The maximum atomic E-state index is 13.7. The molecule has 0 unspecified atom stereocenters. The molecule has 0 aliphatic carbocycles. The summed E-state index contributed by atoms with van der Waals surface area (Å²) in [6, 6.07) is 8.78. The van der Waals surface area contributed by atoms with Gasteiger partial charge in [-0.15, -0.1) is 0 Å². The molecule has 6 nitrogen and oxygen atoms in total. The number of fused-ring (bicyclic) bond motifs is 1. The van der Waals surface area contributed by atoms with E-state index in [2.05, 4.69) is 31.0 Å². The van der Waals surface area contributed by atoms with Crippen molar-refractivity contribution in [2.45, 2.75) is 45.3 Å². The number of pyridine rings is 1. The molecule has 1 atom stereocenters. The SMILES string of the molecule is C[C@@H]1CN(CC(=O)N2CC(C)(C)c3nc(CO)c(Cc4cccc(F)c4)cc32)CCN1. The van der Waals surface area contributed by atoms with Gasteiger partial charge in [0.15, 0.2) is 0 Å². The Hall–Kier alpha value is -2.35. The zero-order valence-corrected chi connectivity index (χ0v) is 18.5. The molecule has 1 saturated heterocycles. The van der Waals surface area contributed by atoms with Gasteiger partial charge in [-0.1, -0.05) is 26.0 Å². The van der Waals surface area contributed by atoms with Crippen molar-refractivity contribution in [1.82, 2.24) is 15.2 Å². The van der Waals surface area contributed by atoms with Crippen LogP contribution in [0.4, 0.5) is 10.1 Å². The summed E-state index contributed by atoms with van der Waals surface area (Å²) in [5, 5.41) is 13.3. The van der Waals surface area contributed by atoms with Crippen LogP contribution < -0.4 is 10.2 Å². The maximum absolute atomic E-state index is 13.7. The summed E-state index contributed by atoms with van der Waals surface area (Å²) < 4.78 is 13.7. The quantitative estimate of drug-likeness (QED) is 0.768. The molecule has 31 heavy (non-hydrogen) atoms. The van der Waals surface area contributed by atoms with Crippen molar-refractivity contribution in [3.63, 3.8) is 0 Å². The lowest BCUT2D eigenvalue weighted by Gasteiger charge is -2.32. The molecule has 2 aliphatic rings. The molecule has 7 heteroatoms. The zero-order chi connectivity index (χ0) is 22.2. The highest BCUT2D eigenvalue weighted by molar-refractivity contribution is 5.97. The number of carbonyl (C=O) groups is 1. The number of piperazine rings is 1. The van der Waals surface area contributed by atoms with Crippen molar-refractivity contribution in [3.05, 3.63) is 58.7 Å². The second-order valence-corrected chi connectivity index (χ2v) is 9.38. The van der Waals surface area contributed by atoms with Gasteiger partial charge in [0, 0.05) is 37.6 Å². The Balaban J connectivity index is 1.64. The molecule has 1 amide bonds. The van der Waals surface area contributed by atoms with E-state index in [1.807, 2.05) is 17.0 Å². The van der Waals surface area contributed by atoms with Gasteiger partial charge in [0.2, 0.25) is 5.91 Å². The van der Waals surface area contributed by atoms with Crippen molar-refractivity contribution < 1.29 is 14.3 Å². The summed E-state index contributed by atoms with van der Waals surface area (Å²) in [7, 11) is 0. The number of halogens is 1. The van der Waals surface area contributed by atoms with Gasteiger partial charge in [0.1, 0.15) is 5.82 Å². The van der Waals surface area contributed by atoms with Crippen LogP contribution in [0.25, 0.3) is 0 Å². The van der Waals surface area contributed by atoms with Crippen molar-refractivity contribution in [3.8, 4) is 0 Å². The molecule has 3 heterocycles. The van der Waals surface area contributed by atoms with Crippen LogP contribution in [0.15, 0.2) is 30.3 Å². The van der Waals surface area contributed by atoms with Crippen LogP contribution in [0, 0.1) is 5.82 Å². The van der Waals surface area contributed by atoms with Crippen LogP contribution in [-0.2, 0) is 23.2 Å². The van der Waals surface area contributed by atoms with E-state index < -0.39 is 0 Å². The number of carbonyl (C=O) groups excluding carboxylic acids is 1. The average Bonchev–Trinajstić information content (AvgIpc) is 2.98. The number of aromatic nitrogens is 1. The van der Waals surface area contributed by atoms with Gasteiger partial charge in [-0.05, 0) is 42.7 Å². The number of aliphatic hydroxyl groups excluding tert-OH is 1. The minimum Gasteiger partial charge on any atom is -0.390 e. The van der Waals surface area contributed by atoms with Gasteiger partial charge < -0.3 is 15.3 Å². The van der Waals surface area contributed by atoms with E-state index in [1.165, 1.54) is 12.1 Å². The highest BCUT2D eigenvalue weighted by atomic mass is 19.1. The van der Waals surface area contributed by atoms with Crippen molar-refractivity contribution >= 4 is 11.6 Å². The highest BCUT2D eigenvalue weighted by Crippen LogP contribution is 2.40. The van der Waals surface area contributed by atoms with Crippen molar-refractivity contribution in [1.29, 1.82) is 0 Å². The fourth-order valence-corrected chi connectivity index (χ4v) is 4.65. The van der Waals surface area contributed by atoms with Gasteiger partial charge >= 0.3 is 0 Å². The molecule has 166 valence electrons. The fourth-order valence-electron chi connectivity index (χ4n) is 4.65. The molecule has 0 saturated carbocycles. The number of amides is 1. The first-order chi connectivity index (χ1) is 14.8. The van der Waals surface area contributed by atoms with Crippen LogP contribution in [-0.4, -0.2) is 59.7 Å². The molecule has 1 fully saturated rings. The van der Waals surface area contributed by atoms with Crippen molar-refractivity contribution in [2.75, 3.05) is 37.6 Å². The third kappa shape index (κ3) is 4.63. The van der Waals surface area contributed by atoms with Crippen LogP contribution in [0.3, 0.4) is 0 Å². The summed E-state index contributed by atoms with van der Waals surface area (Å²) in [5.74, 6) is -0.225. The van der Waals surface area contributed by atoms with E-state index in [9.17, 15) is 14.3 Å². The number of anilines is 1. The Morgan fingerprint density at radius 3 is 2.87 bits per heavy atom. The minimum absolute atomic E-state index is 0.0659. The predicted molar refractivity (Wildman–Crippen MR) is 119 cm³/mol. The van der Waals surface area contributed by atoms with E-state index in [-0.39, 0.29) is 23.7 Å². The number of hydrogen-bond acceptors (Lipinski definition) is 5. The van der Waals surface area contributed by atoms with Crippen LogP contribution in [0.1, 0.15) is 43.3 Å². The van der Waals surface area contributed by atoms with Gasteiger partial charge in [0.25, 0.3) is 0 Å². The first-order valence-corrected chi connectivity index (χ1v) is 10.9. The zero-order valence-electron chi connectivity index (χ0n) is 18.5. The lowest BCUT2D eigenvalue weighted by Crippen LogP contribution is -2.52. The van der Waals surface area contributed by atoms with Gasteiger partial charge in [-0.25, -0.2) is 4.39 Å². The molecule has 4 rings (SSSR count). The third-order valence-corrected chi connectivity index (χ3v) is 6.20. The van der Waals surface area contributed by atoms with Crippen molar-refractivity contribution in [2.24, 2.45) is 0 Å². The monoisotopic (exact) mass is 426 g/mol. The number of nitrogens with one attached hydrogen (secondary N) is 1. The number of benzene rings is 1. The number of nitrogens with zero attached hydrogens (tertiary/aromatic N) is 3. The summed E-state index contributed by atoms with van der Waals surface area (Å²) in [6.07, 6.45) is 0.450. The molecule has 2 N–H and O–H groups in total. The topological polar surface area (TPSA) is 68.7 Å². The van der Waals surface area contributed by atoms with E-state index in [4.69, 9.17) is 4.98 Å². The molecule has 2 aromatic rings. The lowest BCUT2D eigenvalue weighted by molar-refractivity contribution is -0.120. The Morgan fingerprint density at radius 2 is 2.16 bits per heavy atom.